The molecule has 0 amide bonds. The number of rotatable bonds is 11. The Kier molecular flexibility index (Phi) is 8.28. The molecule has 0 saturated heterocycles. The van der Waals surface area contributed by atoms with Gasteiger partial charge in [-0.25, -0.2) is 4.98 Å². The highest BCUT2D eigenvalue weighted by Crippen LogP contribution is 2.27. The van der Waals surface area contributed by atoms with Gasteiger partial charge in [0.15, 0.2) is 0 Å². The molecule has 0 aliphatic heterocycles. The third kappa shape index (κ3) is 6.26. The summed E-state index contributed by atoms with van der Waals surface area (Å²) in [6, 6.07) is 7.78. The number of aryl methyl sites for hydroxylation is 1. The van der Waals surface area contributed by atoms with Gasteiger partial charge < -0.3 is 14.3 Å². The third-order valence-corrected chi connectivity index (χ3v) is 5.03. The molecule has 0 fully saturated rings. The molecule has 1 atom stereocenters. The summed E-state index contributed by atoms with van der Waals surface area (Å²) in [6.07, 6.45) is 4.13. The molecule has 0 aliphatic carbocycles. The standard InChI is InChI=1S/C20H25NO4S/c1-3-25-20(23)13-16(15-7-9-18(24-2)10-8-15)12-17-14-26-19(21-17)6-4-5-11-22/h7-11,14,16H,3-6,12-13H2,1-2H3. The van der Waals surface area contributed by atoms with E-state index in [1.54, 1.807) is 18.4 Å². The average Bonchev–Trinajstić information content (AvgIpc) is 3.09. The van der Waals surface area contributed by atoms with E-state index in [2.05, 4.69) is 4.98 Å². The fraction of sp³-hybridized carbons (Fsp3) is 0.450. The minimum atomic E-state index is -0.199. The lowest BCUT2D eigenvalue weighted by Gasteiger charge is -2.16. The lowest BCUT2D eigenvalue weighted by Crippen LogP contribution is -2.13. The fourth-order valence-corrected chi connectivity index (χ4v) is 3.60. The molecule has 0 saturated carbocycles. The van der Waals surface area contributed by atoms with E-state index >= 15 is 0 Å². The second kappa shape index (κ2) is 10.7. The van der Waals surface area contributed by atoms with Crippen LogP contribution < -0.4 is 4.74 Å². The Morgan fingerprint density at radius 3 is 2.73 bits per heavy atom. The summed E-state index contributed by atoms with van der Waals surface area (Å²) in [6.45, 7) is 2.19. The Morgan fingerprint density at radius 2 is 2.08 bits per heavy atom. The first-order valence-electron chi connectivity index (χ1n) is 8.82. The van der Waals surface area contributed by atoms with Gasteiger partial charge >= 0.3 is 5.97 Å². The molecule has 26 heavy (non-hydrogen) atoms. The number of aldehydes is 1. The zero-order valence-corrected chi connectivity index (χ0v) is 16.1. The Bertz CT molecular complexity index is 696. The largest absolute Gasteiger partial charge is 0.497 e. The molecule has 0 N–H and O–H groups in total. The lowest BCUT2D eigenvalue weighted by molar-refractivity contribution is -0.143. The van der Waals surface area contributed by atoms with E-state index in [1.165, 1.54) is 0 Å². The molecule has 2 rings (SSSR count). The van der Waals surface area contributed by atoms with Crippen molar-refractivity contribution >= 4 is 23.6 Å². The van der Waals surface area contributed by atoms with Crippen molar-refractivity contribution in [2.75, 3.05) is 13.7 Å². The van der Waals surface area contributed by atoms with Gasteiger partial charge in [0.25, 0.3) is 0 Å². The zero-order chi connectivity index (χ0) is 18.8. The highest BCUT2D eigenvalue weighted by Gasteiger charge is 2.19. The van der Waals surface area contributed by atoms with Gasteiger partial charge in [0.1, 0.15) is 12.0 Å². The molecule has 0 spiro atoms. The highest BCUT2D eigenvalue weighted by molar-refractivity contribution is 7.09. The molecule has 0 aliphatic rings. The van der Waals surface area contributed by atoms with Crippen LogP contribution in [0.1, 0.15) is 48.4 Å². The molecule has 0 bridgehead atoms. The number of hydrogen-bond acceptors (Lipinski definition) is 6. The van der Waals surface area contributed by atoms with Crippen LogP contribution in [0.4, 0.5) is 0 Å². The number of esters is 1. The molecule has 0 radical (unpaired) electrons. The molecule has 1 aromatic heterocycles. The number of thiazole rings is 1. The Balaban J connectivity index is 2.09. The fourth-order valence-electron chi connectivity index (χ4n) is 2.75. The summed E-state index contributed by atoms with van der Waals surface area (Å²) in [5.74, 6) is 0.592. The lowest BCUT2D eigenvalue weighted by atomic mass is 9.91. The van der Waals surface area contributed by atoms with Crippen LogP contribution in [0.15, 0.2) is 29.6 Å². The smallest absolute Gasteiger partial charge is 0.306 e. The molecule has 2 aromatic rings. The summed E-state index contributed by atoms with van der Waals surface area (Å²) in [5, 5.41) is 3.07. The summed E-state index contributed by atoms with van der Waals surface area (Å²) >= 11 is 1.61. The minimum absolute atomic E-state index is 0.00452. The number of methoxy groups -OCH3 is 1. The van der Waals surface area contributed by atoms with Crippen molar-refractivity contribution in [3.05, 3.63) is 45.9 Å². The van der Waals surface area contributed by atoms with Crippen LogP contribution in [0, 0.1) is 0 Å². The van der Waals surface area contributed by atoms with E-state index < -0.39 is 0 Å². The molecular weight excluding hydrogens is 350 g/mol. The van der Waals surface area contributed by atoms with Gasteiger partial charge in [-0.05, 0) is 49.8 Å². The summed E-state index contributed by atoms with van der Waals surface area (Å²) in [4.78, 5) is 27.1. The van der Waals surface area contributed by atoms with Gasteiger partial charge in [-0.2, -0.15) is 0 Å². The van der Waals surface area contributed by atoms with Crippen LogP contribution in [-0.2, 0) is 27.2 Å². The van der Waals surface area contributed by atoms with Crippen molar-refractivity contribution in [2.45, 2.75) is 44.9 Å². The SMILES string of the molecule is CCOC(=O)CC(Cc1csc(CCCC=O)n1)c1ccc(OC)cc1. The normalized spacial score (nSPS) is 11.8. The number of carbonyl (C=O) groups excluding carboxylic acids is 2. The van der Waals surface area contributed by atoms with Crippen molar-refractivity contribution in [3.8, 4) is 5.75 Å². The maximum Gasteiger partial charge on any atom is 0.306 e. The van der Waals surface area contributed by atoms with E-state index in [9.17, 15) is 9.59 Å². The topological polar surface area (TPSA) is 65.5 Å². The quantitative estimate of drug-likeness (QED) is 0.338. The van der Waals surface area contributed by atoms with Crippen LogP contribution in [0.3, 0.4) is 0 Å². The Labute approximate surface area is 158 Å². The number of unbranched alkanes of at least 4 members (excludes halogenated alkanes) is 1. The molecule has 1 aromatic carbocycles. The van der Waals surface area contributed by atoms with Gasteiger partial charge in [0.2, 0.25) is 0 Å². The maximum absolute atomic E-state index is 12.0. The van der Waals surface area contributed by atoms with Crippen LogP contribution in [-0.4, -0.2) is 31.0 Å². The number of ether oxygens (including phenoxy) is 2. The number of nitrogens with zero attached hydrogens (tertiary/aromatic N) is 1. The second-order valence-corrected chi connectivity index (χ2v) is 6.92. The first kappa shape index (κ1) is 20.1. The second-order valence-electron chi connectivity index (χ2n) is 5.97. The summed E-state index contributed by atoms with van der Waals surface area (Å²) in [7, 11) is 1.63. The van der Waals surface area contributed by atoms with Gasteiger partial charge in [0, 0.05) is 11.8 Å². The predicted octanol–water partition coefficient (Wildman–Crippen LogP) is 3.95. The number of carbonyl (C=O) groups is 2. The van der Waals surface area contributed by atoms with Crippen molar-refractivity contribution in [2.24, 2.45) is 0 Å². The van der Waals surface area contributed by atoms with Gasteiger partial charge in [-0.1, -0.05) is 12.1 Å². The molecule has 6 heteroatoms. The molecule has 140 valence electrons. The third-order valence-electron chi connectivity index (χ3n) is 4.07. The average molecular weight is 375 g/mol. The van der Waals surface area contributed by atoms with Crippen molar-refractivity contribution in [3.63, 3.8) is 0 Å². The summed E-state index contributed by atoms with van der Waals surface area (Å²) < 4.78 is 10.3. The van der Waals surface area contributed by atoms with Crippen molar-refractivity contribution < 1.29 is 19.1 Å². The molecule has 1 heterocycles. The first-order valence-corrected chi connectivity index (χ1v) is 9.70. The Hall–Kier alpha value is -2.21. The van der Waals surface area contributed by atoms with E-state index in [1.807, 2.05) is 36.6 Å². The monoisotopic (exact) mass is 375 g/mol. The minimum Gasteiger partial charge on any atom is -0.497 e. The number of benzene rings is 1. The van der Waals surface area contributed by atoms with E-state index in [0.717, 1.165) is 41.1 Å². The van der Waals surface area contributed by atoms with Crippen LogP contribution in [0.2, 0.25) is 0 Å². The molecule has 1 unspecified atom stereocenters. The van der Waals surface area contributed by atoms with Crippen LogP contribution in [0.25, 0.3) is 0 Å². The van der Waals surface area contributed by atoms with Crippen LogP contribution >= 0.6 is 11.3 Å². The number of hydrogen-bond donors (Lipinski definition) is 0. The van der Waals surface area contributed by atoms with Gasteiger partial charge in [0.05, 0.1) is 30.8 Å². The summed E-state index contributed by atoms with van der Waals surface area (Å²) in [5.41, 5.74) is 2.04. The van der Waals surface area contributed by atoms with Crippen molar-refractivity contribution in [1.29, 1.82) is 0 Å². The van der Waals surface area contributed by atoms with Gasteiger partial charge in [-0.3, -0.25) is 4.79 Å². The molecular formula is C20H25NO4S. The van der Waals surface area contributed by atoms with Crippen LogP contribution in [0.5, 0.6) is 5.75 Å². The Morgan fingerprint density at radius 1 is 1.31 bits per heavy atom. The maximum atomic E-state index is 12.0. The predicted molar refractivity (Wildman–Crippen MR) is 102 cm³/mol. The zero-order valence-electron chi connectivity index (χ0n) is 15.3. The molecule has 5 nitrogen and oxygen atoms in total. The van der Waals surface area contributed by atoms with E-state index in [0.29, 0.717) is 25.9 Å². The van der Waals surface area contributed by atoms with E-state index in [4.69, 9.17) is 9.47 Å². The first-order chi connectivity index (χ1) is 12.7. The highest BCUT2D eigenvalue weighted by atomic mass is 32.1. The number of aromatic nitrogens is 1. The van der Waals surface area contributed by atoms with E-state index in [-0.39, 0.29) is 11.9 Å². The van der Waals surface area contributed by atoms with Gasteiger partial charge in [-0.15, -0.1) is 11.3 Å². The van der Waals surface area contributed by atoms with Crippen molar-refractivity contribution in [1.82, 2.24) is 4.98 Å².